The maximum atomic E-state index is 12.8. The van der Waals surface area contributed by atoms with Crippen LogP contribution in [0.3, 0.4) is 0 Å². The fourth-order valence-corrected chi connectivity index (χ4v) is 3.53. The molecule has 7 heteroatoms. The van der Waals surface area contributed by atoms with Crippen LogP contribution in [0.1, 0.15) is 46.8 Å². The minimum Gasteiger partial charge on any atom is -0.456 e. The van der Waals surface area contributed by atoms with Gasteiger partial charge in [-0.2, -0.15) is 4.98 Å². The van der Waals surface area contributed by atoms with E-state index in [1.165, 1.54) is 0 Å². The Labute approximate surface area is 133 Å². The summed E-state index contributed by atoms with van der Waals surface area (Å²) in [5.74, 6) is 2.18. The maximum Gasteiger partial charge on any atom is 0.289 e. The van der Waals surface area contributed by atoms with Crippen LogP contribution < -0.4 is 0 Å². The van der Waals surface area contributed by atoms with Crippen molar-refractivity contribution in [3.63, 3.8) is 0 Å². The fraction of sp³-hybridized carbons (Fsp3) is 0.562. The van der Waals surface area contributed by atoms with E-state index in [1.807, 2.05) is 11.8 Å². The molecule has 2 aromatic rings. The van der Waals surface area contributed by atoms with Crippen LogP contribution in [-0.2, 0) is 4.74 Å². The van der Waals surface area contributed by atoms with Gasteiger partial charge in [-0.25, -0.2) is 0 Å². The highest BCUT2D eigenvalue weighted by Crippen LogP contribution is 2.36. The lowest BCUT2D eigenvalue weighted by Crippen LogP contribution is -2.51. The average Bonchev–Trinajstić information content (AvgIpc) is 3.25. The largest absolute Gasteiger partial charge is 0.456 e. The SMILES string of the molecule is Cc1noc([C@H]2C[C@H]3OCC[C@H]3N(C(=O)c3ccc(C)o3)C2)n1. The van der Waals surface area contributed by atoms with Gasteiger partial charge < -0.3 is 18.6 Å². The van der Waals surface area contributed by atoms with E-state index < -0.39 is 0 Å². The van der Waals surface area contributed by atoms with Gasteiger partial charge in [-0.05, 0) is 38.8 Å². The number of carbonyl (C=O) groups excluding carboxylic acids is 1. The molecule has 2 saturated heterocycles. The van der Waals surface area contributed by atoms with Crippen molar-refractivity contribution < 1.29 is 18.5 Å². The van der Waals surface area contributed by atoms with E-state index >= 15 is 0 Å². The van der Waals surface area contributed by atoms with Crippen molar-refractivity contribution in [1.82, 2.24) is 15.0 Å². The number of carbonyl (C=O) groups is 1. The first-order valence-corrected chi connectivity index (χ1v) is 7.91. The van der Waals surface area contributed by atoms with Crippen LogP contribution in [0.25, 0.3) is 0 Å². The highest BCUT2D eigenvalue weighted by molar-refractivity contribution is 5.92. The Balaban J connectivity index is 1.62. The Hall–Kier alpha value is -2.15. The van der Waals surface area contributed by atoms with Crippen LogP contribution in [0, 0.1) is 13.8 Å². The number of fused-ring (bicyclic) bond motifs is 1. The van der Waals surface area contributed by atoms with Crippen LogP contribution in [0.5, 0.6) is 0 Å². The third kappa shape index (κ3) is 2.55. The van der Waals surface area contributed by atoms with Gasteiger partial charge in [0.1, 0.15) is 5.76 Å². The van der Waals surface area contributed by atoms with Crippen LogP contribution in [-0.4, -0.2) is 46.2 Å². The number of amides is 1. The van der Waals surface area contributed by atoms with E-state index in [-0.39, 0.29) is 24.0 Å². The summed E-state index contributed by atoms with van der Waals surface area (Å²) in [4.78, 5) is 19.0. The Kier molecular flexibility index (Phi) is 3.45. The van der Waals surface area contributed by atoms with Crippen molar-refractivity contribution >= 4 is 5.91 Å². The van der Waals surface area contributed by atoms with Gasteiger partial charge in [-0.3, -0.25) is 4.79 Å². The predicted molar refractivity (Wildman–Crippen MR) is 79.0 cm³/mol. The number of furan rings is 1. The number of nitrogens with zero attached hydrogens (tertiary/aromatic N) is 3. The summed E-state index contributed by atoms with van der Waals surface area (Å²) >= 11 is 0. The van der Waals surface area contributed by atoms with Gasteiger partial charge in [0.25, 0.3) is 5.91 Å². The van der Waals surface area contributed by atoms with Gasteiger partial charge in [0.05, 0.1) is 18.1 Å². The van der Waals surface area contributed by atoms with Gasteiger partial charge in [0, 0.05) is 13.2 Å². The van der Waals surface area contributed by atoms with Gasteiger partial charge in [0.2, 0.25) is 5.89 Å². The molecule has 0 aliphatic carbocycles. The average molecular weight is 317 g/mol. The highest BCUT2D eigenvalue weighted by Gasteiger charge is 2.44. The standard InChI is InChI=1S/C16H19N3O4/c1-9-3-4-13(22-9)16(20)19-8-11(15-17-10(2)18-23-15)7-14-12(19)5-6-21-14/h3-4,11-12,14H,5-8H2,1-2H3/t11-,12+,14+/m0/s1. The van der Waals surface area contributed by atoms with Crippen LogP contribution >= 0.6 is 0 Å². The Bertz CT molecular complexity index is 722. The molecule has 0 radical (unpaired) electrons. The summed E-state index contributed by atoms with van der Waals surface area (Å²) in [6.45, 7) is 4.84. The van der Waals surface area contributed by atoms with E-state index in [0.29, 0.717) is 30.6 Å². The van der Waals surface area contributed by atoms with E-state index in [1.54, 1.807) is 19.1 Å². The number of hydrogen-bond donors (Lipinski definition) is 0. The number of likely N-dealkylation sites (tertiary alicyclic amines) is 1. The third-order valence-corrected chi connectivity index (χ3v) is 4.61. The molecule has 0 saturated carbocycles. The van der Waals surface area contributed by atoms with Crippen molar-refractivity contribution in [3.8, 4) is 0 Å². The summed E-state index contributed by atoms with van der Waals surface area (Å²) in [6.07, 6.45) is 1.67. The molecule has 0 N–H and O–H groups in total. The number of aromatic nitrogens is 2. The zero-order valence-corrected chi connectivity index (χ0v) is 13.2. The maximum absolute atomic E-state index is 12.8. The molecular weight excluding hydrogens is 298 g/mol. The Morgan fingerprint density at radius 1 is 1.35 bits per heavy atom. The van der Waals surface area contributed by atoms with Gasteiger partial charge in [-0.15, -0.1) is 0 Å². The van der Waals surface area contributed by atoms with Crippen molar-refractivity contribution in [2.24, 2.45) is 0 Å². The zero-order chi connectivity index (χ0) is 16.0. The summed E-state index contributed by atoms with van der Waals surface area (Å²) in [6, 6.07) is 3.62. The molecule has 1 amide bonds. The molecule has 122 valence electrons. The molecule has 0 aromatic carbocycles. The fourth-order valence-electron chi connectivity index (χ4n) is 3.53. The molecule has 2 aliphatic rings. The smallest absolute Gasteiger partial charge is 0.289 e. The second-order valence-electron chi connectivity index (χ2n) is 6.25. The number of rotatable bonds is 2. The van der Waals surface area contributed by atoms with Crippen molar-refractivity contribution in [1.29, 1.82) is 0 Å². The summed E-state index contributed by atoms with van der Waals surface area (Å²) in [5.41, 5.74) is 0. The van der Waals surface area contributed by atoms with E-state index in [4.69, 9.17) is 13.7 Å². The molecule has 23 heavy (non-hydrogen) atoms. The molecule has 3 atom stereocenters. The first kappa shape index (κ1) is 14.4. The molecule has 4 rings (SSSR count). The van der Waals surface area contributed by atoms with Crippen molar-refractivity contribution in [2.75, 3.05) is 13.2 Å². The Morgan fingerprint density at radius 3 is 2.91 bits per heavy atom. The quantitative estimate of drug-likeness (QED) is 0.843. The summed E-state index contributed by atoms with van der Waals surface area (Å²) < 4.78 is 16.6. The van der Waals surface area contributed by atoms with Crippen LogP contribution in [0.15, 0.2) is 21.1 Å². The number of piperidine rings is 1. The molecule has 2 aromatic heterocycles. The van der Waals surface area contributed by atoms with Crippen molar-refractivity contribution in [2.45, 2.75) is 44.8 Å². The third-order valence-electron chi connectivity index (χ3n) is 4.61. The number of hydrogen-bond acceptors (Lipinski definition) is 6. The normalized spacial score (nSPS) is 27.2. The predicted octanol–water partition coefficient (Wildman–Crippen LogP) is 2.07. The highest BCUT2D eigenvalue weighted by atomic mass is 16.5. The minimum absolute atomic E-state index is 0.00411. The molecular formula is C16H19N3O4. The lowest BCUT2D eigenvalue weighted by atomic mass is 9.89. The first-order chi connectivity index (χ1) is 11.1. The first-order valence-electron chi connectivity index (χ1n) is 7.91. The van der Waals surface area contributed by atoms with Crippen molar-refractivity contribution in [3.05, 3.63) is 35.4 Å². The lowest BCUT2D eigenvalue weighted by Gasteiger charge is -2.39. The van der Waals surface area contributed by atoms with Crippen LogP contribution in [0.4, 0.5) is 0 Å². The number of aryl methyl sites for hydroxylation is 2. The molecule has 0 spiro atoms. The van der Waals surface area contributed by atoms with E-state index in [0.717, 1.165) is 18.6 Å². The molecule has 2 aliphatic heterocycles. The lowest BCUT2D eigenvalue weighted by molar-refractivity contribution is 0.0108. The zero-order valence-electron chi connectivity index (χ0n) is 13.2. The summed E-state index contributed by atoms with van der Waals surface area (Å²) in [5, 5.41) is 3.86. The monoisotopic (exact) mass is 317 g/mol. The molecule has 0 bridgehead atoms. The summed E-state index contributed by atoms with van der Waals surface area (Å²) in [7, 11) is 0. The second kappa shape index (κ2) is 5.49. The molecule has 0 unspecified atom stereocenters. The van der Waals surface area contributed by atoms with Gasteiger partial charge >= 0.3 is 0 Å². The molecule has 7 nitrogen and oxygen atoms in total. The van der Waals surface area contributed by atoms with Gasteiger partial charge in [0.15, 0.2) is 11.6 Å². The van der Waals surface area contributed by atoms with Gasteiger partial charge in [-0.1, -0.05) is 5.16 Å². The Morgan fingerprint density at radius 2 is 2.22 bits per heavy atom. The van der Waals surface area contributed by atoms with Crippen LogP contribution in [0.2, 0.25) is 0 Å². The molecule has 4 heterocycles. The topological polar surface area (TPSA) is 81.6 Å². The number of ether oxygens (including phenoxy) is 1. The second-order valence-corrected chi connectivity index (χ2v) is 6.25. The minimum atomic E-state index is -0.0977. The molecule has 2 fully saturated rings. The van der Waals surface area contributed by atoms with E-state index in [2.05, 4.69) is 10.1 Å². The van der Waals surface area contributed by atoms with E-state index in [9.17, 15) is 4.79 Å².